The molecule has 1 aromatic heterocycles. The summed E-state index contributed by atoms with van der Waals surface area (Å²) in [6, 6.07) is 1.30. The van der Waals surface area contributed by atoms with Crippen LogP contribution in [0.4, 0.5) is 0 Å². The van der Waals surface area contributed by atoms with Crippen molar-refractivity contribution in [1.82, 2.24) is 9.55 Å². The van der Waals surface area contributed by atoms with Crippen LogP contribution in [0.25, 0.3) is 0 Å². The fourth-order valence-electron chi connectivity index (χ4n) is 5.80. The molecule has 0 spiro atoms. The van der Waals surface area contributed by atoms with Crippen LogP contribution in [-0.2, 0) is 20.1 Å². The lowest BCUT2D eigenvalue weighted by molar-refractivity contribution is -0.0251. The first-order valence-corrected chi connectivity index (χ1v) is 16.8. The van der Waals surface area contributed by atoms with E-state index in [9.17, 15) is 14.7 Å². The van der Waals surface area contributed by atoms with E-state index in [1.54, 1.807) is 0 Å². The zero-order valence-corrected chi connectivity index (χ0v) is 23.3. The van der Waals surface area contributed by atoms with E-state index in [0.29, 0.717) is 28.8 Å². The van der Waals surface area contributed by atoms with Gasteiger partial charge in [-0.2, -0.15) is 0 Å². The summed E-state index contributed by atoms with van der Waals surface area (Å²) in [6.07, 6.45) is -0.945. The Morgan fingerprint density at radius 3 is 2.12 bits per heavy atom. The molecular formula is C23H42N2O6Si2. The maximum Gasteiger partial charge on any atom is 0.328 e. The highest BCUT2D eigenvalue weighted by atomic mass is 28.4. The molecule has 0 aliphatic carbocycles. The first-order chi connectivity index (χ1) is 15.3. The number of nitrogens with zero attached hydrogens (tertiary/aromatic N) is 1. The standard InChI is InChI=1S/C23H42N2O6Si2/c1-14(2)32(15(3)4)13-33(16(5)6,17(7)8)31-22-19(12-29-32)30-18(21(22)27)11-25-10-9-20(26)24-23(25)28/h9-10,14-19,21-22,27H,11-13H2,1-8H3,(H,24,26,28)/t18-,19+,21+,22?/m0/s1. The highest BCUT2D eigenvalue weighted by molar-refractivity contribution is 6.94. The summed E-state index contributed by atoms with van der Waals surface area (Å²) in [6.45, 7) is 18.7. The lowest BCUT2D eigenvalue weighted by Gasteiger charge is -2.51. The van der Waals surface area contributed by atoms with Crippen molar-refractivity contribution in [1.29, 1.82) is 0 Å². The summed E-state index contributed by atoms with van der Waals surface area (Å²) < 4.78 is 21.6. The van der Waals surface area contributed by atoms with E-state index in [0.717, 1.165) is 5.67 Å². The Labute approximate surface area is 198 Å². The van der Waals surface area contributed by atoms with Gasteiger partial charge in [0.1, 0.15) is 24.4 Å². The molecule has 1 aromatic rings. The number of hydrogen-bond acceptors (Lipinski definition) is 6. The van der Waals surface area contributed by atoms with Crippen molar-refractivity contribution in [3.05, 3.63) is 33.1 Å². The fourth-order valence-corrected chi connectivity index (χ4v) is 21.7. The monoisotopic (exact) mass is 498 g/mol. The number of ether oxygens (including phenoxy) is 1. The van der Waals surface area contributed by atoms with Gasteiger partial charge >= 0.3 is 5.69 Å². The van der Waals surface area contributed by atoms with Crippen molar-refractivity contribution in [2.24, 2.45) is 0 Å². The van der Waals surface area contributed by atoms with Crippen molar-refractivity contribution in [2.75, 3.05) is 6.61 Å². The van der Waals surface area contributed by atoms with Crippen molar-refractivity contribution >= 4 is 16.6 Å². The van der Waals surface area contributed by atoms with Gasteiger partial charge in [0.25, 0.3) is 5.56 Å². The summed E-state index contributed by atoms with van der Waals surface area (Å²) in [5.74, 6) is 0. The molecule has 2 aliphatic rings. The van der Waals surface area contributed by atoms with E-state index < -0.39 is 52.3 Å². The molecule has 10 heteroatoms. The third-order valence-corrected chi connectivity index (χ3v) is 21.7. The summed E-state index contributed by atoms with van der Waals surface area (Å²) in [5, 5.41) is 11.3. The maximum atomic E-state index is 12.2. The van der Waals surface area contributed by atoms with Crippen molar-refractivity contribution < 1.29 is 18.7 Å². The average molecular weight is 499 g/mol. The zero-order chi connectivity index (χ0) is 24.7. The smallest absolute Gasteiger partial charge is 0.328 e. The van der Waals surface area contributed by atoms with E-state index in [2.05, 4.69) is 60.4 Å². The first-order valence-electron chi connectivity index (χ1n) is 12.3. The Hall–Kier alpha value is -1.05. The van der Waals surface area contributed by atoms with Crippen molar-refractivity contribution in [3.63, 3.8) is 0 Å². The van der Waals surface area contributed by atoms with Crippen LogP contribution in [-0.4, -0.2) is 62.3 Å². The number of nitrogens with one attached hydrogen (secondary N) is 1. The van der Waals surface area contributed by atoms with Crippen LogP contribution in [0.1, 0.15) is 55.4 Å². The molecule has 2 fully saturated rings. The maximum absolute atomic E-state index is 12.2. The molecule has 2 N–H and O–H groups in total. The third kappa shape index (κ3) is 4.88. The van der Waals surface area contributed by atoms with E-state index in [1.807, 2.05) is 0 Å². The number of H-pyrrole nitrogens is 1. The SMILES string of the molecule is CC(C)[Si]1(C(C)C)C[Si](C(C)C)(C(C)C)OC2[C@@H](CO1)O[C@@H](Cn1ccc(=O)[nH]c1=O)[C@H]2O. The van der Waals surface area contributed by atoms with Gasteiger partial charge in [-0.25, -0.2) is 4.79 Å². The van der Waals surface area contributed by atoms with Gasteiger partial charge in [-0.1, -0.05) is 55.4 Å². The summed E-state index contributed by atoms with van der Waals surface area (Å²) in [5.41, 5.74) is 1.63. The van der Waals surface area contributed by atoms with Crippen LogP contribution in [0.3, 0.4) is 0 Å². The minimum atomic E-state index is -2.37. The van der Waals surface area contributed by atoms with Gasteiger partial charge in [0.15, 0.2) is 16.6 Å². The molecule has 3 heterocycles. The second-order valence-corrected chi connectivity index (χ2v) is 21.4. The largest absolute Gasteiger partial charge is 0.414 e. The number of rotatable bonds is 6. The molecule has 0 bridgehead atoms. The lowest BCUT2D eigenvalue weighted by atomic mass is 10.1. The molecule has 0 aromatic carbocycles. The average Bonchev–Trinajstić information content (AvgIpc) is 2.97. The van der Waals surface area contributed by atoms with Gasteiger partial charge in [0, 0.05) is 12.3 Å². The van der Waals surface area contributed by atoms with Gasteiger partial charge in [0.05, 0.1) is 13.2 Å². The third-order valence-electron chi connectivity index (χ3n) is 8.04. The number of fused-ring (bicyclic) bond motifs is 1. The number of aliphatic hydroxyl groups excluding tert-OH is 1. The second-order valence-electron chi connectivity index (χ2n) is 11.1. The number of hydrogen-bond donors (Lipinski definition) is 2. The molecule has 2 saturated heterocycles. The summed E-state index contributed by atoms with van der Waals surface area (Å²) in [4.78, 5) is 25.9. The van der Waals surface area contributed by atoms with Crippen molar-refractivity contribution in [2.45, 2.75) is 114 Å². The highest BCUT2D eigenvalue weighted by Gasteiger charge is 2.59. The molecule has 0 radical (unpaired) electrons. The van der Waals surface area contributed by atoms with Crippen LogP contribution in [0, 0.1) is 0 Å². The summed E-state index contributed by atoms with van der Waals surface area (Å²) >= 11 is 0. The highest BCUT2D eigenvalue weighted by Crippen LogP contribution is 2.50. The van der Waals surface area contributed by atoms with Crippen LogP contribution in [0.15, 0.2) is 21.9 Å². The molecule has 188 valence electrons. The van der Waals surface area contributed by atoms with E-state index in [-0.39, 0.29) is 6.54 Å². The molecule has 33 heavy (non-hydrogen) atoms. The predicted molar refractivity (Wildman–Crippen MR) is 134 cm³/mol. The Morgan fingerprint density at radius 2 is 1.61 bits per heavy atom. The summed E-state index contributed by atoms with van der Waals surface area (Å²) in [7, 11) is -4.56. The second kappa shape index (κ2) is 9.90. The van der Waals surface area contributed by atoms with E-state index >= 15 is 0 Å². The molecule has 4 atom stereocenters. The van der Waals surface area contributed by atoms with Crippen LogP contribution in [0.2, 0.25) is 27.8 Å². The molecule has 2 aliphatic heterocycles. The van der Waals surface area contributed by atoms with Crippen LogP contribution >= 0.6 is 0 Å². The Kier molecular flexibility index (Phi) is 7.97. The fraction of sp³-hybridized carbons (Fsp3) is 0.826. The lowest BCUT2D eigenvalue weighted by Crippen LogP contribution is -2.63. The normalized spacial score (nSPS) is 29.5. The quantitative estimate of drug-likeness (QED) is 0.584. The van der Waals surface area contributed by atoms with Gasteiger partial charge in [0.2, 0.25) is 0 Å². The Balaban J connectivity index is 1.99. The number of aliphatic hydroxyl groups is 1. The molecule has 8 nitrogen and oxygen atoms in total. The van der Waals surface area contributed by atoms with Crippen molar-refractivity contribution in [3.8, 4) is 0 Å². The van der Waals surface area contributed by atoms with Gasteiger partial charge in [-0.15, -0.1) is 0 Å². The Morgan fingerprint density at radius 1 is 1.03 bits per heavy atom. The van der Waals surface area contributed by atoms with E-state index in [1.165, 1.54) is 16.8 Å². The molecule has 3 rings (SSSR count). The first kappa shape index (κ1) is 26.6. The van der Waals surface area contributed by atoms with E-state index in [4.69, 9.17) is 13.6 Å². The molecule has 1 unspecified atom stereocenters. The number of aromatic amines is 1. The molecule has 0 amide bonds. The molecular weight excluding hydrogens is 456 g/mol. The van der Waals surface area contributed by atoms with Gasteiger partial charge in [-0.05, 0) is 27.8 Å². The molecule has 0 saturated carbocycles. The van der Waals surface area contributed by atoms with Crippen LogP contribution in [0.5, 0.6) is 0 Å². The minimum Gasteiger partial charge on any atom is -0.414 e. The van der Waals surface area contributed by atoms with Gasteiger partial charge in [-0.3, -0.25) is 14.3 Å². The topological polar surface area (TPSA) is 103 Å². The van der Waals surface area contributed by atoms with Crippen LogP contribution < -0.4 is 11.2 Å². The predicted octanol–water partition coefficient (Wildman–Crippen LogP) is 3.15. The zero-order valence-electron chi connectivity index (χ0n) is 21.3. The van der Waals surface area contributed by atoms with Gasteiger partial charge < -0.3 is 18.7 Å². The Bertz CT molecular complexity index is 912. The minimum absolute atomic E-state index is 0.141. The number of aromatic nitrogens is 2.